The standard InChI is InChI=1S/C53H88O12/c1-4-7-10-13-16-19-22-23-26-29-32-35-38-41-47(56)64-51-49(58)48(57)50(52(59)60)65-53(51)62-43-44(63-46(55)40-37-34-31-28-25-21-18-15-12-9-6-3)42-61-45(54)39-36-33-30-27-24-20-17-14-11-8-5-2/h7,10,14-19,23,26,44,48-51,53,57-58H,4-6,8-9,11-13,20-22,24-25,27-43H2,1-3H3,(H,59,60)/b10-7-,17-14-,18-15-,19-16-,26-23-. The first-order valence-corrected chi connectivity index (χ1v) is 25.3. The van der Waals surface area contributed by atoms with Gasteiger partial charge in [-0.15, -0.1) is 0 Å². The van der Waals surface area contributed by atoms with Crippen LogP contribution in [-0.4, -0.2) is 89.2 Å². The number of carbonyl (C=O) groups excluding carboxylic acids is 3. The molecule has 0 bridgehead atoms. The third kappa shape index (κ3) is 32.7. The molecular weight excluding hydrogens is 829 g/mol. The number of esters is 3. The predicted molar refractivity (Wildman–Crippen MR) is 257 cm³/mol. The number of carboxylic acids is 1. The second-order valence-electron chi connectivity index (χ2n) is 17.1. The number of carboxylic acid groups (broad SMARTS) is 1. The van der Waals surface area contributed by atoms with Gasteiger partial charge < -0.3 is 39.0 Å². The Morgan fingerprint density at radius 1 is 0.523 bits per heavy atom. The van der Waals surface area contributed by atoms with Crippen molar-refractivity contribution in [3.63, 3.8) is 0 Å². The van der Waals surface area contributed by atoms with E-state index in [1.54, 1.807) is 0 Å². The average Bonchev–Trinajstić information content (AvgIpc) is 3.29. The van der Waals surface area contributed by atoms with Crippen LogP contribution < -0.4 is 0 Å². The number of aliphatic carboxylic acids is 1. The minimum atomic E-state index is -1.91. The van der Waals surface area contributed by atoms with Crippen molar-refractivity contribution >= 4 is 23.9 Å². The molecule has 6 atom stereocenters. The van der Waals surface area contributed by atoms with Crippen molar-refractivity contribution in [1.82, 2.24) is 0 Å². The summed E-state index contributed by atoms with van der Waals surface area (Å²) in [6.45, 7) is 5.73. The van der Waals surface area contributed by atoms with Gasteiger partial charge in [-0.3, -0.25) is 14.4 Å². The van der Waals surface area contributed by atoms with E-state index in [1.807, 2.05) is 0 Å². The molecule has 1 aliphatic heterocycles. The first-order valence-electron chi connectivity index (χ1n) is 25.3. The van der Waals surface area contributed by atoms with Gasteiger partial charge in [0.25, 0.3) is 0 Å². The maximum absolute atomic E-state index is 13.0. The van der Waals surface area contributed by atoms with Gasteiger partial charge >= 0.3 is 23.9 Å². The molecule has 0 amide bonds. The van der Waals surface area contributed by atoms with E-state index in [9.17, 15) is 34.5 Å². The summed E-state index contributed by atoms with van der Waals surface area (Å²) in [5.74, 6) is -3.19. The van der Waals surface area contributed by atoms with Crippen LogP contribution in [0.25, 0.3) is 0 Å². The van der Waals surface area contributed by atoms with Crippen molar-refractivity contribution in [2.24, 2.45) is 0 Å². The Morgan fingerprint density at radius 2 is 0.969 bits per heavy atom. The Labute approximate surface area is 392 Å². The fourth-order valence-corrected chi connectivity index (χ4v) is 7.11. The number of aliphatic hydroxyl groups excluding tert-OH is 2. The zero-order valence-electron chi connectivity index (χ0n) is 40.5. The zero-order chi connectivity index (χ0) is 47.6. The van der Waals surface area contributed by atoms with Crippen LogP contribution in [0.15, 0.2) is 60.8 Å². The van der Waals surface area contributed by atoms with Crippen LogP contribution in [0.1, 0.15) is 201 Å². The average molecular weight is 917 g/mol. The largest absolute Gasteiger partial charge is 0.479 e. The Bertz CT molecular complexity index is 1370. The van der Waals surface area contributed by atoms with E-state index < -0.39 is 67.3 Å². The normalized spacial score (nSPS) is 19.6. The number of hydrogen-bond acceptors (Lipinski definition) is 11. The maximum atomic E-state index is 13.0. The third-order valence-corrected chi connectivity index (χ3v) is 11.0. The highest BCUT2D eigenvalue weighted by Gasteiger charge is 2.50. The lowest BCUT2D eigenvalue weighted by Gasteiger charge is -2.40. The maximum Gasteiger partial charge on any atom is 0.335 e. The molecule has 1 saturated heterocycles. The summed E-state index contributed by atoms with van der Waals surface area (Å²) in [6.07, 6.45) is 36.5. The topological polar surface area (TPSA) is 175 Å². The molecule has 1 fully saturated rings. The van der Waals surface area contributed by atoms with Crippen LogP contribution in [0.4, 0.5) is 0 Å². The summed E-state index contributed by atoms with van der Waals surface area (Å²) >= 11 is 0. The highest BCUT2D eigenvalue weighted by atomic mass is 16.7. The molecule has 6 unspecified atom stereocenters. The van der Waals surface area contributed by atoms with Gasteiger partial charge in [0.1, 0.15) is 18.8 Å². The van der Waals surface area contributed by atoms with Gasteiger partial charge in [-0.25, -0.2) is 4.79 Å². The molecule has 0 saturated carbocycles. The Balaban J connectivity index is 2.78. The Hall–Kier alpha value is -3.58. The first-order chi connectivity index (χ1) is 31.6. The molecule has 0 radical (unpaired) electrons. The zero-order valence-corrected chi connectivity index (χ0v) is 40.5. The van der Waals surface area contributed by atoms with Gasteiger partial charge in [0.2, 0.25) is 0 Å². The quantitative estimate of drug-likeness (QED) is 0.0229. The van der Waals surface area contributed by atoms with Gasteiger partial charge in [0.05, 0.1) is 6.61 Å². The molecule has 3 N–H and O–H groups in total. The van der Waals surface area contributed by atoms with E-state index in [2.05, 4.69) is 81.5 Å². The molecular formula is C53H88O12. The van der Waals surface area contributed by atoms with Gasteiger partial charge in [0, 0.05) is 19.3 Å². The third-order valence-electron chi connectivity index (χ3n) is 11.0. The van der Waals surface area contributed by atoms with Crippen LogP contribution in [0, 0.1) is 0 Å². The molecule has 12 nitrogen and oxygen atoms in total. The van der Waals surface area contributed by atoms with Crippen molar-refractivity contribution in [3.8, 4) is 0 Å². The minimum absolute atomic E-state index is 0.0227. The van der Waals surface area contributed by atoms with E-state index in [-0.39, 0.29) is 25.9 Å². The summed E-state index contributed by atoms with van der Waals surface area (Å²) in [6, 6.07) is 0. The fraction of sp³-hybridized carbons (Fsp3) is 0.736. The molecule has 0 spiro atoms. The minimum Gasteiger partial charge on any atom is -0.479 e. The summed E-state index contributed by atoms with van der Waals surface area (Å²) in [7, 11) is 0. The summed E-state index contributed by atoms with van der Waals surface area (Å²) < 4.78 is 28.2. The summed E-state index contributed by atoms with van der Waals surface area (Å²) in [4.78, 5) is 50.7. The molecule has 0 aliphatic carbocycles. The predicted octanol–water partition coefficient (Wildman–Crippen LogP) is 11.7. The number of allylic oxidation sites excluding steroid dienone is 10. The summed E-state index contributed by atoms with van der Waals surface area (Å²) in [5, 5.41) is 31.3. The lowest BCUT2D eigenvalue weighted by Crippen LogP contribution is -2.61. The van der Waals surface area contributed by atoms with Gasteiger partial charge in [-0.1, -0.05) is 152 Å². The molecule has 1 heterocycles. The lowest BCUT2D eigenvalue weighted by molar-refractivity contribution is -0.301. The van der Waals surface area contributed by atoms with Crippen LogP contribution >= 0.6 is 0 Å². The molecule has 65 heavy (non-hydrogen) atoms. The van der Waals surface area contributed by atoms with Gasteiger partial charge in [-0.2, -0.15) is 0 Å². The first kappa shape index (κ1) is 59.4. The lowest BCUT2D eigenvalue weighted by atomic mass is 9.98. The van der Waals surface area contributed by atoms with Crippen LogP contribution in [0.5, 0.6) is 0 Å². The highest BCUT2D eigenvalue weighted by Crippen LogP contribution is 2.26. The molecule has 0 aromatic carbocycles. The van der Waals surface area contributed by atoms with E-state index in [0.717, 1.165) is 116 Å². The van der Waals surface area contributed by atoms with Crippen molar-refractivity contribution < 1.29 is 58.2 Å². The highest BCUT2D eigenvalue weighted by molar-refractivity contribution is 5.74. The van der Waals surface area contributed by atoms with E-state index in [1.165, 1.54) is 25.7 Å². The van der Waals surface area contributed by atoms with E-state index in [0.29, 0.717) is 19.3 Å². The second-order valence-corrected chi connectivity index (χ2v) is 17.1. The Morgan fingerprint density at radius 3 is 1.51 bits per heavy atom. The summed E-state index contributed by atoms with van der Waals surface area (Å²) in [5.41, 5.74) is 0. The number of aliphatic hydroxyl groups is 2. The van der Waals surface area contributed by atoms with Gasteiger partial charge in [0.15, 0.2) is 24.6 Å². The van der Waals surface area contributed by atoms with Crippen LogP contribution in [0.2, 0.25) is 0 Å². The van der Waals surface area contributed by atoms with Crippen LogP contribution in [-0.2, 0) is 42.9 Å². The van der Waals surface area contributed by atoms with E-state index >= 15 is 0 Å². The number of hydrogen-bond donors (Lipinski definition) is 3. The van der Waals surface area contributed by atoms with Crippen molar-refractivity contribution in [1.29, 1.82) is 0 Å². The smallest absolute Gasteiger partial charge is 0.335 e. The van der Waals surface area contributed by atoms with Crippen molar-refractivity contribution in [2.45, 2.75) is 237 Å². The number of unbranched alkanes of at least 4 members (excludes halogenated alkanes) is 17. The molecule has 1 aliphatic rings. The van der Waals surface area contributed by atoms with Gasteiger partial charge in [-0.05, 0) is 89.9 Å². The van der Waals surface area contributed by atoms with E-state index in [4.69, 9.17) is 23.7 Å². The Kier molecular flexibility index (Phi) is 38.2. The monoisotopic (exact) mass is 917 g/mol. The molecule has 0 aromatic rings. The van der Waals surface area contributed by atoms with Crippen molar-refractivity contribution in [2.75, 3.05) is 13.2 Å². The fourth-order valence-electron chi connectivity index (χ4n) is 7.11. The molecule has 372 valence electrons. The molecule has 0 aromatic heterocycles. The second kappa shape index (κ2) is 41.8. The molecule has 1 rings (SSSR count). The van der Waals surface area contributed by atoms with Crippen LogP contribution in [0.3, 0.4) is 0 Å². The SMILES string of the molecule is CC/C=C\C/C=C\C/C=C\CCCCCC(=O)OC1C(OCC(COC(=O)CCCCCCC/C=C\CCCC)OC(=O)CCCCCCC/C=C\CCCC)OC(C(=O)O)C(O)C1O. The number of ether oxygens (including phenoxy) is 5. The number of rotatable bonds is 41. The van der Waals surface area contributed by atoms with Crippen molar-refractivity contribution in [3.05, 3.63) is 60.8 Å². The molecule has 12 heteroatoms. The number of carbonyl (C=O) groups is 4.